The van der Waals surface area contributed by atoms with Gasteiger partial charge in [0.05, 0.1) is 0 Å². The summed E-state index contributed by atoms with van der Waals surface area (Å²) in [6.45, 7) is 6.86. The Morgan fingerprint density at radius 2 is 1.75 bits per heavy atom. The van der Waals surface area contributed by atoms with Crippen molar-refractivity contribution in [2.75, 3.05) is 0 Å². The predicted octanol–water partition coefficient (Wildman–Crippen LogP) is 3.43. The van der Waals surface area contributed by atoms with Crippen molar-refractivity contribution in [2.24, 2.45) is 11.8 Å². The zero-order valence-electron chi connectivity index (χ0n) is 8.68. The van der Waals surface area contributed by atoms with Crippen molar-refractivity contribution in [3.05, 3.63) is 0 Å². The van der Waals surface area contributed by atoms with Gasteiger partial charge in [-0.15, -0.1) is 0 Å². The van der Waals surface area contributed by atoms with E-state index in [-0.39, 0.29) is 0 Å². The van der Waals surface area contributed by atoms with E-state index in [1.165, 1.54) is 19.3 Å². The summed E-state index contributed by atoms with van der Waals surface area (Å²) in [5.41, 5.74) is 0. The van der Waals surface area contributed by atoms with Gasteiger partial charge >= 0.3 is 0 Å². The van der Waals surface area contributed by atoms with Crippen LogP contribution in [-0.4, -0.2) is 6.29 Å². The van der Waals surface area contributed by atoms with Crippen LogP contribution in [0.3, 0.4) is 0 Å². The van der Waals surface area contributed by atoms with Crippen molar-refractivity contribution in [1.29, 1.82) is 0 Å². The van der Waals surface area contributed by atoms with Crippen LogP contribution in [0.4, 0.5) is 0 Å². The molecule has 0 aromatic rings. The zero-order chi connectivity index (χ0) is 9.40. The molecule has 1 atom stereocenters. The van der Waals surface area contributed by atoms with E-state index in [1.54, 1.807) is 0 Å². The molecule has 0 spiro atoms. The summed E-state index contributed by atoms with van der Waals surface area (Å²) in [5, 5.41) is 0. The second-order valence-corrected chi connectivity index (χ2v) is 4.03. The molecule has 1 heteroatoms. The highest BCUT2D eigenvalue weighted by atomic mass is 16.1. The number of rotatable bonds is 7. The second-order valence-electron chi connectivity index (χ2n) is 4.03. The monoisotopic (exact) mass is 170 g/mol. The molecule has 72 valence electrons. The quantitative estimate of drug-likeness (QED) is 0.422. The lowest BCUT2D eigenvalue weighted by molar-refractivity contribution is -0.107. The van der Waals surface area contributed by atoms with Gasteiger partial charge in [0.1, 0.15) is 6.29 Å². The number of hydrogen-bond acceptors (Lipinski definition) is 1. The van der Waals surface area contributed by atoms with Gasteiger partial charge in [-0.25, -0.2) is 0 Å². The fourth-order valence-corrected chi connectivity index (χ4v) is 1.20. The maximum atomic E-state index is 10.0. The van der Waals surface area contributed by atoms with E-state index in [1.807, 2.05) is 0 Å². The van der Waals surface area contributed by atoms with Crippen LogP contribution in [0, 0.1) is 11.8 Å². The van der Waals surface area contributed by atoms with Gasteiger partial charge in [0.15, 0.2) is 0 Å². The van der Waals surface area contributed by atoms with Gasteiger partial charge in [0, 0.05) is 6.42 Å². The first-order valence-corrected chi connectivity index (χ1v) is 5.12. The first-order valence-electron chi connectivity index (χ1n) is 5.12. The van der Waals surface area contributed by atoms with Crippen LogP contribution in [0.5, 0.6) is 0 Å². The second kappa shape index (κ2) is 7.33. The van der Waals surface area contributed by atoms with Crippen LogP contribution in [0.1, 0.15) is 52.9 Å². The third-order valence-electron chi connectivity index (χ3n) is 2.62. The Labute approximate surface area is 76.6 Å². The number of aldehydes is 1. The maximum absolute atomic E-state index is 10.0. The molecule has 0 aliphatic heterocycles. The molecule has 0 bridgehead atoms. The zero-order valence-corrected chi connectivity index (χ0v) is 8.68. The normalized spacial score (nSPS) is 13.3. The van der Waals surface area contributed by atoms with Gasteiger partial charge in [-0.1, -0.05) is 40.0 Å². The van der Waals surface area contributed by atoms with Crippen LogP contribution in [0.15, 0.2) is 0 Å². The minimum absolute atomic E-state index is 0.746. The molecule has 0 saturated heterocycles. The molecule has 0 saturated carbocycles. The van der Waals surface area contributed by atoms with Gasteiger partial charge in [-0.3, -0.25) is 0 Å². The van der Waals surface area contributed by atoms with Gasteiger partial charge in [-0.05, 0) is 18.3 Å². The Balaban J connectivity index is 3.13. The number of unbranched alkanes of at least 4 members (excludes halogenated alkanes) is 3. The van der Waals surface area contributed by atoms with Crippen LogP contribution in [-0.2, 0) is 4.79 Å². The molecular weight excluding hydrogens is 148 g/mol. The molecule has 0 aromatic heterocycles. The third-order valence-corrected chi connectivity index (χ3v) is 2.62. The molecule has 0 N–H and O–H groups in total. The minimum atomic E-state index is 0.746. The molecule has 0 heterocycles. The van der Waals surface area contributed by atoms with Gasteiger partial charge < -0.3 is 4.79 Å². The Bertz CT molecular complexity index is 108. The highest BCUT2D eigenvalue weighted by molar-refractivity contribution is 5.48. The summed E-state index contributed by atoms with van der Waals surface area (Å²) >= 11 is 0. The molecule has 0 radical (unpaired) electrons. The van der Waals surface area contributed by atoms with Gasteiger partial charge in [0.25, 0.3) is 0 Å². The van der Waals surface area contributed by atoms with Gasteiger partial charge in [0.2, 0.25) is 0 Å². The van der Waals surface area contributed by atoms with Crippen molar-refractivity contribution in [2.45, 2.75) is 52.9 Å². The Morgan fingerprint density at radius 1 is 1.08 bits per heavy atom. The fraction of sp³-hybridized carbons (Fsp3) is 0.909. The number of carbonyl (C=O) groups is 1. The lowest BCUT2D eigenvalue weighted by Gasteiger charge is -2.14. The molecule has 1 nitrogen and oxygen atoms in total. The van der Waals surface area contributed by atoms with Crippen LogP contribution >= 0.6 is 0 Å². The van der Waals surface area contributed by atoms with Crippen molar-refractivity contribution < 1.29 is 4.79 Å². The standard InChI is InChI=1S/C11H22O/c1-10(2)11(3)8-6-4-5-7-9-12/h9-11H,4-8H2,1-3H3. The maximum Gasteiger partial charge on any atom is 0.119 e. The summed E-state index contributed by atoms with van der Waals surface area (Å²) in [5.74, 6) is 1.64. The van der Waals surface area contributed by atoms with Crippen LogP contribution in [0.2, 0.25) is 0 Å². The molecule has 0 fully saturated rings. The average Bonchev–Trinajstić information content (AvgIpc) is 2.03. The SMILES string of the molecule is CC(C)C(C)CCCCCC=O. The molecular formula is C11H22O. The third kappa shape index (κ3) is 6.38. The van der Waals surface area contributed by atoms with E-state index in [0.29, 0.717) is 0 Å². The predicted molar refractivity (Wildman–Crippen MR) is 53.2 cm³/mol. The molecule has 0 rings (SSSR count). The summed E-state index contributed by atoms with van der Waals surface area (Å²) in [7, 11) is 0. The topological polar surface area (TPSA) is 17.1 Å². The van der Waals surface area contributed by atoms with Crippen molar-refractivity contribution >= 4 is 6.29 Å². The van der Waals surface area contributed by atoms with E-state index >= 15 is 0 Å². The summed E-state index contributed by atoms with van der Waals surface area (Å²) in [6.07, 6.45) is 6.66. The van der Waals surface area contributed by atoms with Crippen LogP contribution < -0.4 is 0 Å². The Morgan fingerprint density at radius 3 is 2.25 bits per heavy atom. The Hall–Kier alpha value is -0.330. The molecule has 0 aliphatic carbocycles. The molecule has 0 aliphatic rings. The average molecular weight is 170 g/mol. The Kier molecular flexibility index (Phi) is 7.12. The molecule has 0 amide bonds. The van der Waals surface area contributed by atoms with E-state index in [9.17, 15) is 4.79 Å². The van der Waals surface area contributed by atoms with Crippen molar-refractivity contribution in [3.8, 4) is 0 Å². The summed E-state index contributed by atoms with van der Waals surface area (Å²) in [4.78, 5) is 10.0. The highest BCUT2D eigenvalue weighted by Crippen LogP contribution is 2.17. The number of hydrogen-bond donors (Lipinski definition) is 0. The first-order chi connectivity index (χ1) is 5.68. The lowest BCUT2D eigenvalue weighted by Crippen LogP contribution is -2.03. The van der Waals surface area contributed by atoms with E-state index in [4.69, 9.17) is 0 Å². The largest absolute Gasteiger partial charge is 0.303 e. The van der Waals surface area contributed by atoms with Crippen molar-refractivity contribution in [1.82, 2.24) is 0 Å². The number of carbonyl (C=O) groups excluding carboxylic acids is 1. The molecule has 1 unspecified atom stereocenters. The van der Waals surface area contributed by atoms with E-state index in [2.05, 4.69) is 20.8 Å². The highest BCUT2D eigenvalue weighted by Gasteiger charge is 2.05. The smallest absolute Gasteiger partial charge is 0.119 e. The van der Waals surface area contributed by atoms with Crippen molar-refractivity contribution in [3.63, 3.8) is 0 Å². The van der Waals surface area contributed by atoms with E-state index in [0.717, 1.165) is 31.0 Å². The minimum Gasteiger partial charge on any atom is -0.303 e. The lowest BCUT2D eigenvalue weighted by atomic mass is 9.92. The summed E-state index contributed by atoms with van der Waals surface area (Å²) < 4.78 is 0. The van der Waals surface area contributed by atoms with Gasteiger partial charge in [-0.2, -0.15) is 0 Å². The molecule has 12 heavy (non-hydrogen) atoms. The van der Waals surface area contributed by atoms with E-state index < -0.39 is 0 Å². The molecule has 0 aromatic carbocycles. The first kappa shape index (κ1) is 11.7. The van der Waals surface area contributed by atoms with Crippen LogP contribution in [0.25, 0.3) is 0 Å². The summed E-state index contributed by atoms with van der Waals surface area (Å²) in [6, 6.07) is 0. The fourth-order valence-electron chi connectivity index (χ4n) is 1.20.